The van der Waals surface area contributed by atoms with Crippen molar-refractivity contribution in [3.63, 3.8) is 0 Å². The van der Waals surface area contributed by atoms with Crippen LogP contribution in [-0.2, 0) is 13.1 Å². The Bertz CT molecular complexity index is 1170. The number of alkyl halides is 3. The van der Waals surface area contributed by atoms with E-state index in [1.54, 1.807) is 41.1 Å². The molecule has 1 saturated heterocycles. The van der Waals surface area contributed by atoms with Crippen LogP contribution >= 0.6 is 0 Å². The molecule has 0 bridgehead atoms. The largest absolute Gasteiger partial charge is 0.406 e. The Morgan fingerprint density at radius 3 is 2.57 bits per heavy atom. The van der Waals surface area contributed by atoms with E-state index >= 15 is 0 Å². The van der Waals surface area contributed by atoms with E-state index in [-0.39, 0.29) is 16.8 Å². The first kappa shape index (κ1) is 20.3. The van der Waals surface area contributed by atoms with Gasteiger partial charge in [0.1, 0.15) is 12.4 Å². The van der Waals surface area contributed by atoms with Crippen LogP contribution in [0.4, 0.5) is 13.2 Å². The fraction of sp³-hybridized carbons (Fsp3) is 0.381. The molecule has 6 nitrogen and oxygen atoms in total. The van der Waals surface area contributed by atoms with Crippen LogP contribution in [0.2, 0.25) is 0 Å². The number of hydrogen-bond donors (Lipinski definition) is 0. The van der Waals surface area contributed by atoms with Gasteiger partial charge in [0.2, 0.25) is 0 Å². The standard InChI is InChI=1S/C21H21F3N4O2/c22-21(23,24)14-28-19(25-16-7-2-1-6-15(16)20(28)30)17-8-5-11-26(17)12-13-27-10-4-3-9-18(27)29/h1-4,6-7,9-10,17H,5,8,11-14H2. The Hall–Kier alpha value is -2.94. The van der Waals surface area contributed by atoms with Gasteiger partial charge in [-0.2, -0.15) is 13.2 Å². The minimum atomic E-state index is -4.54. The molecule has 0 radical (unpaired) electrons. The smallest absolute Gasteiger partial charge is 0.314 e. The molecule has 1 aliphatic heterocycles. The Labute approximate surface area is 170 Å². The van der Waals surface area contributed by atoms with Crippen LogP contribution in [0.15, 0.2) is 58.3 Å². The maximum atomic E-state index is 13.3. The number of halogens is 3. The van der Waals surface area contributed by atoms with E-state index in [1.807, 2.05) is 4.90 Å². The average molecular weight is 418 g/mol. The zero-order valence-corrected chi connectivity index (χ0v) is 16.2. The number of aromatic nitrogens is 3. The van der Waals surface area contributed by atoms with Gasteiger partial charge < -0.3 is 4.57 Å². The molecule has 158 valence electrons. The van der Waals surface area contributed by atoms with Crippen molar-refractivity contribution in [2.75, 3.05) is 13.1 Å². The third-order valence-electron chi connectivity index (χ3n) is 5.42. The third-order valence-corrected chi connectivity index (χ3v) is 5.42. The summed E-state index contributed by atoms with van der Waals surface area (Å²) in [5.74, 6) is 0.133. The van der Waals surface area contributed by atoms with Gasteiger partial charge in [0.25, 0.3) is 11.1 Å². The van der Waals surface area contributed by atoms with Crippen LogP contribution in [0.5, 0.6) is 0 Å². The summed E-state index contributed by atoms with van der Waals surface area (Å²) in [6, 6.07) is 10.9. The van der Waals surface area contributed by atoms with Crippen molar-refractivity contribution in [3.05, 3.63) is 75.2 Å². The third kappa shape index (κ3) is 4.16. The first-order valence-electron chi connectivity index (χ1n) is 9.79. The van der Waals surface area contributed by atoms with E-state index in [0.29, 0.717) is 31.6 Å². The van der Waals surface area contributed by atoms with Gasteiger partial charge in [-0.25, -0.2) is 4.98 Å². The van der Waals surface area contributed by atoms with Gasteiger partial charge in [-0.3, -0.25) is 19.1 Å². The predicted octanol–water partition coefficient (Wildman–Crippen LogP) is 2.96. The van der Waals surface area contributed by atoms with Crippen molar-refractivity contribution in [3.8, 4) is 0 Å². The molecule has 1 atom stereocenters. The van der Waals surface area contributed by atoms with Crippen molar-refractivity contribution in [2.24, 2.45) is 0 Å². The Balaban J connectivity index is 1.71. The molecule has 3 heterocycles. The van der Waals surface area contributed by atoms with E-state index in [9.17, 15) is 22.8 Å². The van der Waals surface area contributed by atoms with Crippen molar-refractivity contribution in [1.29, 1.82) is 0 Å². The fourth-order valence-corrected chi connectivity index (χ4v) is 4.04. The molecule has 3 aromatic rings. The molecular weight excluding hydrogens is 397 g/mol. The zero-order chi connectivity index (χ0) is 21.3. The molecule has 2 aromatic heterocycles. The number of pyridine rings is 1. The zero-order valence-electron chi connectivity index (χ0n) is 16.2. The quantitative estimate of drug-likeness (QED) is 0.639. The molecule has 30 heavy (non-hydrogen) atoms. The van der Waals surface area contributed by atoms with E-state index < -0.39 is 24.3 Å². The Morgan fingerprint density at radius 2 is 1.80 bits per heavy atom. The first-order chi connectivity index (χ1) is 14.3. The summed E-state index contributed by atoms with van der Waals surface area (Å²) in [5, 5.41) is 0.172. The van der Waals surface area contributed by atoms with Crippen LogP contribution in [0.25, 0.3) is 10.9 Å². The molecule has 9 heteroatoms. The minimum absolute atomic E-state index is 0.133. The average Bonchev–Trinajstić information content (AvgIpc) is 3.17. The van der Waals surface area contributed by atoms with Crippen molar-refractivity contribution in [1.82, 2.24) is 19.0 Å². The SMILES string of the molecule is O=c1ccccn1CCN1CCCC1c1nc2ccccc2c(=O)n1CC(F)(F)F. The number of rotatable bonds is 5. The summed E-state index contributed by atoms with van der Waals surface area (Å²) in [5.41, 5.74) is -0.424. The summed E-state index contributed by atoms with van der Waals surface area (Å²) in [7, 11) is 0. The van der Waals surface area contributed by atoms with Gasteiger partial charge in [0.05, 0.1) is 16.9 Å². The number of hydrogen-bond acceptors (Lipinski definition) is 4. The van der Waals surface area contributed by atoms with Crippen LogP contribution in [0, 0.1) is 0 Å². The molecule has 4 rings (SSSR count). The van der Waals surface area contributed by atoms with Gasteiger partial charge in [-0.15, -0.1) is 0 Å². The van der Waals surface area contributed by atoms with Gasteiger partial charge in [-0.05, 0) is 37.6 Å². The van der Waals surface area contributed by atoms with E-state index in [4.69, 9.17) is 0 Å². The lowest BCUT2D eigenvalue weighted by Crippen LogP contribution is -2.37. The van der Waals surface area contributed by atoms with Crippen molar-refractivity contribution < 1.29 is 13.2 Å². The summed E-state index contributed by atoms with van der Waals surface area (Å²) in [6.45, 7) is 0.180. The van der Waals surface area contributed by atoms with E-state index in [2.05, 4.69) is 4.98 Å². The normalized spacial score (nSPS) is 17.6. The lowest BCUT2D eigenvalue weighted by atomic mass is 10.1. The molecular formula is C21H21F3N4O2. The molecule has 1 unspecified atom stereocenters. The monoisotopic (exact) mass is 418 g/mol. The maximum Gasteiger partial charge on any atom is 0.406 e. The minimum Gasteiger partial charge on any atom is -0.314 e. The summed E-state index contributed by atoms with van der Waals surface area (Å²) in [6.07, 6.45) is -1.47. The number of nitrogens with zero attached hydrogens (tertiary/aromatic N) is 4. The molecule has 0 spiro atoms. The maximum absolute atomic E-state index is 13.3. The lowest BCUT2D eigenvalue weighted by molar-refractivity contribution is -0.142. The Kier molecular flexibility index (Phi) is 5.46. The molecule has 0 saturated carbocycles. The highest BCUT2D eigenvalue weighted by Gasteiger charge is 2.35. The summed E-state index contributed by atoms with van der Waals surface area (Å²) in [4.78, 5) is 31.3. The molecule has 1 aliphatic rings. The van der Waals surface area contributed by atoms with E-state index in [0.717, 1.165) is 11.0 Å². The van der Waals surface area contributed by atoms with Gasteiger partial charge in [0.15, 0.2) is 0 Å². The second kappa shape index (κ2) is 8.06. The number of benzene rings is 1. The second-order valence-electron chi connectivity index (χ2n) is 7.42. The first-order valence-corrected chi connectivity index (χ1v) is 9.79. The second-order valence-corrected chi connectivity index (χ2v) is 7.42. The topological polar surface area (TPSA) is 60.1 Å². The highest BCUT2D eigenvalue weighted by Crippen LogP contribution is 2.32. The summed E-state index contributed by atoms with van der Waals surface area (Å²) < 4.78 is 42.1. The van der Waals surface area contributed by atoms with Gasteiger partial charge in [0, 0.05) is 25.4 Å². The van der Waals surface area contributed by atoms with Crippen LogP contribution < -0.4 is 11.1 Å². The highest BCUT2D eigenvalue weighted by atomic mass is 19.4. The van der Waals surface area contributed by atoms with Crippen LogP contribution in [0.1, 0.15) is 24.7 Å². The highest BCUT2D eigenvalue weighted by molar-refractivity contribution is 5.77. The van der Waals surface area contributed by atoms with E-state index in [1.165, 1.54) is 12.1 Å². The number of likely N-dealkylation sites (tertiary alicyclic amines) is 1. The van der Waals surface area contributed by atoms with Crippen molar-refractivity contribution in [2.45, 2.75) is 38.1 Å². The fourth-order valence-electron chi connectivity index (χ4n) is 4.04. The molecule has 1 fully saturated rings. The lowest BCUT2D eigenvalue weighted by Gasteiger charge is -2.27. The Morgan fingerprint density at radius 1 is 1.03 bits per heavy atom. The van der Waals surface area contributed by atoms with Gasteiger partial charge in [-0.1, -0.05) is 18.2 Å². The molecule has 0 aliphatic carbocycles. The van der Waals surface area contributed by atoms with Crippen LogP contribution in [0.3, 0.4) is 0 Å². The number of fused-ring (bicyclic) bond motifs is 1. The number of para-hydroxylation sites is 1. The molecule has 1 aromatic carbocycles. The predicted molar refractivity (Wildman–Crippen MR) is 106 cm³/mol. The molecule has 0 N–H and O–H groups in total. The van der Waals surface area contributed by atoms with Gasteiger partial charge >= 0.3 is 6.18 Å². The molecule has 0 amide bonds. The van der Waals surface area contributed by atoms with Crippen molar-refractivity contribution >= 4 is 10.9 Å². The van der Waals surface area contributed by atoms with Crippen LogP contribution in [-0.4, -0.2) is 38.3 Å². The summed E-state index contributed by atoms with van der Waals surface area (Å²) >= 11 is 0.